The maximum absolute atomic E-state index is 7.90. The van der Waals surface area contributed by atoms with Gasteiger partial charge in [-0.15, -0.1) is 0 Å². The monoisotopic (exact) mass is 218 g/mol. The van der Waals surface area contributed by atoms with Gasteiger partial charge in [0.1, 0.15) is 0 Å². The van der Waals surface area contributed by atoms with Gasteiger partial charge in [-0.25, -0.2) is 4.89 Å². The SMILES string of the molecule is CC(C)(C)OO.CCCCCCCCC. The fourth-order valence-electron chi connectivity index (χ4n) is 1.03. The van der Waals surface area contributed by atoms with Gasteiger partial charge < -0.3 is 0 Å². The molecule has 0 aromatic rings. The third kappa shape index (κ3) is 24.9. The molecule has 0 aliphatic heterocycles. The minimum Gasteiger partial charge on any atom is -0.251 e. The van der Waals surface area contributed by atoms with E-state index in [1.54, 1.807) is 20.8 Å². The molecule has 0 rings (SSSR count). The van der Waals surface area contributed by atoms with Crippen molar-refractivity contribution in [2.45, 2.75) is 85.2 Å². The summed E-state index contributed by atoms with van der Waals surface area (Å²) in [5.41, 5.74) is -0.403. The molecule has 0 heterocycles. The minimum atomic E-state index is -0.403. The summed E-state index contributed by atoms with van der Waals surface area (Å²) in [7, 11) is 0. The fourth-order valence-corrected chi connectivity index (χ4v) is 1.03. The Morgan fingerprint density at radius 2 is 1.07 bits per heavy atom. The average Bonchev–Trinajstić information content (AvgIpc) is 2.18. The van der Waals surface area contributed by atoms with E-state index in [1.165, 1.54) is 44.9 Å². The third-order valence-corrected chi connectivity index (χ3v) is 1.98. The quantitative estimate of drug-likeness (QED) is 0.385. The zero-order valence-electron chi connectivity index (χ0n) is 11.3. The molecule has 0 saturated carbocycles. The van der Waals surface area contributed by atoms with Crippen LogP contribution in [0, 0.1) is 0 Å². The van der Waals surface area contributed by atoms with Gasteiger partial charge >= 0.3 is 0 Å². The molecule has 2 heteroatoms. The molecule has 2 nitrogen and oxygen atoms in total. The van der Waals surface area contributed by atoms with Gasteiger partial charge in [0.2, 0.25) is 0 Å². The van der Waals surface area contributed by atoms with E-state index in [2.05, 4.69) is 18.7 Å². The second-order valence-electron chi connectivity index (χ2n) is 4.97. The van der Waals surface area contributed by atoms with Crippen molar-refractivity contribution in [2.24, 2.45) is 0 Å². The number of unbranched alkanes of at least 4 members (excludes halogenated alkanes) is 6. The van der Waals surface area contributed by atoms with E-state index in [0.29, 0.717) is 0 Å². The van der Waals surface area contributed by atoms with Gasteiger partial charge in [-0.3, -0.25) is 5.26 Å². The summed E-state index contributed by atoms with van der Waals surface area (Å²) >= 11 is 0. The molecule has 0 aliphatic carbocycles. The normalized spacial score (nSPS) is 10.8. The molecule has 1 N–H and O–H groups in total. The van der Waals surface area contributed by atoms with Crippen molar-refractivity contribution in [3.63, 3.8) is 0 Å². The van der Waals surface area contributed by atoms with Crippen LogP contribution in [-0.4, -0.2) is 10.9 Å². The second kappa shape index (κ2) is 12.0. The molecule has 0 bridgehead atoms. The summed E-state index contributed by atoms with van der Waals surface area (Å²) < 4.78 is 0. The molecule has 0 fully saturated rings. The van der Waals surface area contributed by atoms with E-state index in [-0.39, 0.29) is 0 Å². The van der Waals surface area contributed by atoms with E-state index in [4.69, 9.17) is 5.26 Å². The summed E-state index contributed by atoms with van der Waals surface area (Å²) in [6, 6.07) is 0. The molecule has 0 aromatic carbocycles. The fraction of sp³-hybridized carbons (Fsp3) is 1.00. The lowest BCUT2D eigenvalue weighted by Crippen LogP contribution is -2.15. The maximum Gasteiger partial charge on any atom is 0.0949 e. The number of hydrogen-bond acceptors (Lipinski definition) is 2. The van der Waals surface area contributed by atoms with Crippen LogP contribution < -0.4 is 0 Å². The van der Waals surface area contributed by atoms with Crippen LogP contribution in [0.25, 0.3) is 0 Å². The molecule has 0 aliphatic rings. The summed E-state index contributed by atoms with van der Waals surface area (Å²) in [6.45, 7) is 9.84. The molecule has 94 valence electrons. The third-order valence-electron chi connectivity index (χ3n) is 1.98. The maximum atomic E-state index is 7.90. The smallest absolute Gasteiger partial charge is 0.0949 e. The Kier molecular flexibility index (Phi) is 13.8. The first-order chi connectivity index (χ1) is 6.97. The first-order valence-corrected chi connectivity index (χ1v) is 6.30. The minimum absolute atomic E-state index is 0.403. The zero-order valence-corrected chi connectivity index (χ0v) is 11.3. The van der Waals surface area contributed by atoms with Gasteiger partial charge in [0.05, 0.1) is 5.60 Å². The van der Waals surface area contributed by atoms with Crippen LogP contribution in [0.3, 0.4) is 0 Å². The highest BCUT2D eigenvalue weighted by atomic mass is 17.1. The molecule has 0 aromatic heterocycles. The zero-order chi connectivity index (χ0) is 12.2. The average molecular weight is 218 g/mol. The molecule has 0 spiro atoms. The van der Waals surface area contributed by atoms with Crippen LogP contribution in [-0.2, 0) is 4.89 Å². The number of hydrogen-bond donors (Lipinski definition) is 1. The second-order valence-corrected chi connectivity index (χ2v) is 4.97. The molecular formula is C13H30O2. The van der Waals surface area contributed by atoms with Gasteiger partial charge in [-0.05, 0) is 20.8 Å². The molecular weight excluding hydrogens is 188 g/mol. The van der Waals surface area contributed by atoms with E-state index in [1.807, 2.05) is 0 Å². The topological polar surface area (TPSA) is 29.5 Å². The first-order valence-electron chi connectivity index (χ1n) is 6.30. The van der Waals surface area contributed by atoms with Gasteiger partial charge in [0, 0.05) is 0 Å². The summed E-state index contributed by atoms with van der Waals surface area (Å²) in [5, 5.41) is 7.90. The van der Waals surface area contributed by atoms with Crippen LogP contribution in [0.4, 0.5) is 0 Å². The van der Waals surface area contributed by atoms with E-state index in [9.17, 15) is 0 Å². The van der Waals surface area contributed by atoms with E-state index in [0.717, 1.165) is 0 Å². The molecule has 0 atom stereocenters. The van der Waals surface area contributed by atoms with Crippen molar-refractivity contribution < 1.29 is 10.1 Å². The Morgan fingerprint density at radius 1 is 0.800 bits per heavy atom. The number of rotatable bonds is 6. The van der Waals surface area contributed by atoms with Gasteiger partial charge in [-0.2, -0.15) is 0 Å². The summed E-state index contributed by atoms with van der Waals surface area (Å²) in [6.07, 6.45) is 9.97. The van der Waals surface area contributed by atoms with Crippen molar-refractivity contribution in [3.05, 3.63) is 0 Å². The predicted octanol–water partition coefficient (Wildman–Crippen LogP) is 5.03. The highest BCUT2D eigenvalue weighted by Crippen LogP contribution is 2.05. The molecule has 15 heavy (non-hydrogen) atoms. The Bertz CT molecular complexity index is 99.6. The van der Waals surface area contributed by atoms with Crippen LogP contribution in [0.15, 0.2) is 0 Å². The summed E-state index contributed by atoms with van der Waals surface area (Å²) in [4.78, 5) is 3.94. The van der Waals surface area contributed by atoms with Crippen molar-refractivity contribution in [3.8, 4) is 0 Å². The Labute approximate surface area is 96.0 Å². The molecule has 0 saturated heterocycles. The van der Waals surface area contributed by atoms with Crippen LogP contribution in [0.1, 0.15) is 79.6 Å². The first kappa shape index (κ1) is 17.3. The molecule has 0 unspecified atom stereocenters. The lowest BCUT2D eigenvalue weighted by Gasteiger charge is -2.10. The highest BCUT2D eigenvalue weighted by molar-refractivity contribution is 4.53. The molecule has 0 amide bonds. The molecule has 0 radical (unpaired) electrons. The van der Waals surface area contributed by atoms with E-state index < -0.39 is 5.60 Å². The predicted molar refractivity (Wildman–Crippen MR) is 67.1 cm³/mol. The van der Waals surface area contributed by atoms with Gasteiger partial charge in [0.15, 0.2) is 0 Å². The Morgan fingerprint density at radius 3 is 1.27 bits per heavy atom. The van der Waals surface area contributed by atoms with Crippen molar-refractivity contribution >= 4 is 0 Å². The van der Waals surface area contributed by atoms with Crippen molar-refractivity contribution in [1.29, 1.82) is 0 Å². The van der Waals surface area contributed by atoms with Crippen LogP contribution >= 0.6 is 0 Å². The highest BCUT2D eigenvalue weighted by Gasteiger charge is 2.06. The summed E-state index contributed by atoms with van der Waals surface area (Å²) in [5.74, 6) is 0. The van der Waals surface area contributed by atoms with Crippen LogP contribution in [0.5, 0.6) is 0 Å². The lowest BCUT2D eigenvalue weighted by molar-refractivity contribution is -0.306. The van der Waals surface area contributed by atoms with E-state index >= 15 is 0 Å². The van der Waals surface area contributed by atoms with Crippen LogP contribution in [0.2, 0.25) is 0 Å². The van der Waals surface area contributed by atoms with Crippen molar-refractivity contribution in [2.75, 3.05) is 0 Å². The van der Waals surface area contributed by atoms with Gasteiger partial charge in [-0.1, -0.05) is 58.8 Å². The van der Waals surface area contributed by atoms with Gasteiger partial charge in [0.25, 0.3) is 0 Å². The Hall–Kier alpha value is -0.0800. The largest absolute Gasteiger partial charge is 0.251 e. The standard InChI is InChI=1S/C9H20.C4H10O2/c1-3-5-7-9-8-6-4-2;1-4(2,3)6-5/h3-9H2,1-2H3;5H,1-3H3. The Balaban J connectivity index is 0. The van der Waals surface area contributed by atoms with Crippen molar-refractivity contribution in [1.82, 2.24) is 0 Å². The lowest BCUT2D eigenvalue weighted by atomic mass is 10.1.